The molecule has 11 aromatic rings. The van der Waals surface area contributed by atoms with Gasteiger partial charge in [0.05, 0.1) is 0 Å². The van der Waals surface area contributed by atoms with E-state index in [4.69, 9.17) is 18.8 Å². The molecule has 0 radical (unpaired) electrons. The van der Waals surface area contributed by atoms with E-state index in [0.29, 0.717) is 5.95 Å². The fourth-order valence-corrected chi connectivity index (χ4v) is 12.4. The Kier molecular flexibility index (Phi) is 7.46. The maximum absolute atomic E-state index is 6.78. The van der Waals surface area contributed by atoms with Gasteiger partial charge in [-0.15, -0.1) is 0 Å². The second kappa shape index (κ2) is 13.0. The number of hydrogen-bond acceptors (Lipinski definition) is 5. The molecule has 3 aliphatic carbocycles. The highest BCUT2D eigenvalue weighted by atomic mass is 16.3. The van der Waals surface area contributed by atoms with Crippen LogP contribution in [-0.4, -0.2) is 9.97 Å². The van der Waals surface area contributed by atoms with Crippen molar-refractivity contribution < 1.29 is 8.83 Å². The Bertz CT molecular complexity index is 3960. The molecule has 8 aromatic carbocycles. The van der Waals surface area contributed by atoms with Crippen LogP contribution in [0, 0.1) is 6.92 Å². The van der Waals surface area contributed by atoms with Crippen LogP contribution < -0.4 is 4.90 Å². The van der Waals surface area contributed by atoms with Gasteiger partial charge in [-0.25, -0.2) is 9.97 Å². The summed E-state index contributed by atoms with van der Waals surface area (Å²) >= 11 is 0. The summed E-state index contributed by atoms with van der Waals surface area (Å²) in [4.78, 5) is 12.0. The van der Waals surface area contributed by atoms with E-state index >= 15 is 0 Å². The minimum atomic E-state index is -0.321. The molecule has 0 fully saturated rings. The molecular formula is C62H47N3O2. The largest absolute Gasteiger partial charge is 0.456 e. The standard InChI is InChI=1S/C62H47N3O2/c1-34-17-19-35(20-18-34)42-31-50-54(57-41-14-9-11-16-52(41)67-58(42)57)39-24-22-37(30-47(39)62(50,6)7)65(59-63-27-12-28-64-59)36-21-23-38-43-32-49-44(33-48(43)61(4,5)46(38)29-36)55-45(60(49,2)3)25-26-53-56(55)40-13-8-10-15-51(40)66-53/h8-33H,1-7H3. The number of rotatable bonds is 4. The topological polar surface area (TPSA) is 55.3 Å². The van der Waals surface area contributed by atoms with Crippen molar-refractivity contribution in [2.75, 3.05) is 4.90 Å². The van der Waals surface area contributed by atoms with Crippen molar-refractivity contribution in [1.82, 2.24) is 9.97 Å². The lowest BCUT2D eigenvalue weighted by Crippen LogP contribution is -2.19. The van der Waals surface area contributed by atoms with Crippen molar-refractivity contribution in [2.45, 2.75) is 64.7 Å². The summed E-state index contributed by atoms with van der Waals surface area (Å²) < 4.78 is 13.2. The molecule has 5 heteroatoms. The molecule has 5 nitrogen and oxygen atoms in total. The van der Waals surface area contributed by atoms with Crippen LogP contribution in [-0.2, 0) is 16.2 Å². The molecule has 67 heavy (non-hydrogen) atoms. The number of para-hydroxylation sites is 2. The van der Waals surface area contributed by atoms with Crippen molar-refractivity contribution in [2.24, 2.45) is 0 Å². The Morgan fingerprint density at radius 1 is 0.418 bits per heavy atom. The van der Waals surface area contributed by atoms with E-state index < -0.39 is 0 Å². The van der Waals surface area contributed by atoms with Gasteiger partial charge in [0.2, 0.25) is 5.95 Å². The predicted molar refractivity (Wildman–Crippen MR) is 274 cm³/mol. The molecule has 0 saturated heterocycles. The van der Waals surface area contributed by atoms with E-state index in [2.05, 4.69) is 193 Å². The zero-order valence-corrected chi connectivity index (χ0v) is 38.7. The van der Waals surface area contributed by atoms with Crippen molar-refractivity contribution in [3.8, 4) is 44.5 Å². The Morgan fingerprint density at radius 2 is 0.970 bits per heavy atom. The maximum atomic E-state index is 6.78. The monoisotopic (exact) mass is 865 g/mol. The van der Waals surface area contributed by atoms with Gasteiger partial charge in [0.1, 0.15) is 22.3 Å². The number of hydrogen-bond donors (Lipinski definition) is 0. The van der Waals surface area contributed by atoms with Gasteiger partial charge in [0.15, 0.2) is 0 Å². The van der Waals surface area contributed by atoms with E-state index in [0.717, 1.165) is 50.2 Å². The molecule has 3 heterocycles. The van der Waals surface area contributed by atoms with Gasteiger partial charge < -0.3 is 8.83 Å². The van der Waals surface area contributed by atoms with Gasteiger partial charge in [0.25, 0.3) is 0 Å². The van der Waals surface area contributed by atoms with Crippen LogP contribution in [0.25, 0.3) is 88.4 Å². The Morgan fingerprint density at radius 3 is 1.70 bits per heavy atom. The molecule has 0 unspecified atom stereocenters. The molecule has 0 N–H and O–H groups in total. The third-order valence-corrected chi connectivity index (χ3v) is 15.9. The van der Waals surface area contributed by atoms with Crippen molar-refractivity contribution >= 4 is 61.2 Å². The average Bonchev–Trinajstić information content (AvgIpc) is 4.08. The van der Waals surface area contributed by atoms with Gasteiger partial charge in [-0.05, 0) is 146 Å². The molecular weight excluding hydrogens is 819 g/mol. The molecule has 0 aliphatic heterocycles. The molecule has 0 bridgehead atoms. The maximum Gasteiger partial charge on any atom is 0.234 e. The highest BCUT2D eigenvalue weighted by Gasteiger charge is 2.44. The average molecular weight is 866 g/mol. The van der Waals surface area contributed by atoms with E-state index in [1.807, 2.05) is 18.5 Å². The van der Waals surface area contributed by atoms with Gasteiger partial charge >= 0.3 is 0 Å². The number of aryl methyl sites for hydroxylation is 1. The van der Waals surface area contributed by atoms with E-state index in [1.54, 1.807) is 0 Å². The quantitative estimate of drug-likeness (QED) is 0.176. The van der Waals surface area contributed by atoms with E-state index in [9.17, 15) is 0 Å². The molecule has 0 atom stereocenters. The molecule has 0 amide bonds. The van der Waals surface area contributed by atoms with Crippen LogP contribution in [0.2, 0.25) is 0 Å². The summed E-state index contributed by atoms with van der Waals surface area (Å²) in [6, 6.07) is 53.4. The van der Waals surface area contributed by atoms with Crippen LogP contribution in [0.15, 0.2) is 167 Å². The lowest BCUT2D eigenvalue weighted by molar-refractivity contribution is 0.651. The summed E-state index contributed by atoms with van der Waals surface area (Å²) in [6.45, 7) is 16.4. The molecule has 14 rings (SSSR count). The normalized spacial score (nSPS) is 15.4. The number of fused-ring (bicyclic) bond motifs is 17. The highest BCUT2D eigenvalue weighted by Crippen LogP contribution is 2.60. The number of nitrogens with zero attached hydrogens (tertiary/aromatic N) is 3. The van der Waals surface area contributed by atoms with Crippen LogP contribution in [0.4, 0.5) is 17.3 Å². The zero-order chi connectivity index (χ0) is 45.3. The van der Waals surface area contributed by atoms with Crippen LogP contribution >= 0.6 is 0 Å². The van der Waals surface area contributed by atoms with Crippen molar-refractivity contribution in [1.29, 1.82) is 0 Å². The number of aromatic nitrogens is 2. The minimum absolute atomic E-state index is 0.180. The fourth-order valence-electron chi connectivity index (χ4n) is 12.4. The van der Waals surface area contributed by atoms with Crippen LogP contribution in [0.1, 0.15) is 80.5 Å². The highest BCUT2D eigenvalue weighted by molar-refractivity contribution is 6.19. The van der Waals surface area contributed by atoms with Crippen molar-refractivity contribution in [3.05, 3.63) is 197 Å². The third kappa shape index (κ3) is 5.04. The van der Waals surface area contributed by atoms with Crippen molar-refractivity contribution in [3.63, 3.8) is 0 Å². The zero-order valence-electron chi connectivity index (χ0n) is 38.7. The fraction of sp³-hybridized carbons (Fsp3) is 0.161. The first-order chi connectivity index (χ1) is 32.4. The lowest BCUT2D eigenvalue weighted by atomic mass is 9.79. The first-order valence-corrected chi connectivity index (χ1v) is 23.5. The molecule has 3 aromatic heterocycles. The second-order valence-electron chi connectivity index (χ2n) is 20.6. The van der Waals surface area contributed by atoms with Gasteiger partial charge in [-0.3, -0.25) is 4.90 Å². The third-order valence-electron chi connectivity index (χ3n) is 15.9. The number of furan rings is 2. The summed E-state index contributed by atoms with van der Waals surface area (Å²) in [7, 11) is 0. The van der Waals surface area contributed by atoms with Crippen LogP contribution in [0.3, 0.4) is 0 Å². The number of anilines is 3. The van der Waals surface area contributed by atoms with E-state index in [1.165, 1.54) is 88.5 Å². The summed E-state index contributed by atoms with van der Waals surface area (Å²) in [5.74, 6) is 0.627. The molecule has 322 valence electrons. The van der Waals surface area contributed by atoms with Gasteiger partial charge in [0, 0.05) is 67.1 Å². The Hall–Kier alpha value is -7.76. The predicted octanol–water partition coefficient (Wildman–Crippen LogP) is 16.6. The Balaban J connectivity index is 0.924. The van der Waals surface area contributed by atoms with Gasteiger partial charge in [-0.2, -0.15) is 0 Å². The first kappa shape index (κ1) is 38.5. The summed E-state index contributed by atoms with van der Waals surface area (Å²) in [5, 5.41) is 4.69. The Labute approximate surface area is 389 Å². The first-order valence-electron chi connectivity index (χ1n) is 23.5. The summed E-state index contributed by atoms with van der Waals surface area (Å²) in [6.07, 6.45) is 3.68. The lowest BCUT2D eigenvalue weighted by Gasteiger charge is -2.28. The smallest absolute Gasteiger partial charge is 0.234 e. The SMILES string of the molecule is Cc1ccc(-c2cc3c(c4c2oc2ccccc24)-c2ccc(N(c4ccc5c(c4)C(C)(C)c4cc6c(cc4-5)C(C)(C)c4ccc5oc7ccccc7c5c4-6)c4ncccn4)cc2C3(C)C)cc1. The molecule has 3 aliphatic rings. The van der Waals surface area contributed by atoms with E-state index in [-0.39, 0.29) is 16.2 Å². The number of benzene rings is 8. The molecule has 0 saturated carbocycles. The van der Waals surface area contributed by atoms with Crippen LogP contribution in [0.5, 0.6) is 0 Å². The summed E-state index contributed by atoms with van der Waals surface area (Å²) in [5.41, 5.74) is 24.0. The minimum Gasteiger partial charge on any atom is -0.456 e. The van der Waals surface area contributed by atoms with Gasteiger partial charge in [-0.1, -0.05) is 126 Å². The second-order valence-corrected chi connectivity index (χ2v) is 20.6. The molecule has 0 spiro atoms.